The smallest absolute Gasteiger partial charge is 0.252 e. The molecule has 0 spiro atoms. The Labute approximate surface area is 218 Å². The van der Waals surface area contributed by atoms with Gasteiger partial charge in [0.25, 0.3) is 11.8 Å². The van der Waals surface area contributed by atoms with E-state index in [9.17, 15) is 9.59 Å². The Balaban J connectivity index is 1.65. The third kappa shape index (κ3) is 6.93. The minimum absolute atomic E-state index is 0.203. The predicted molar refractivity (Wildman–Crippen MR) is 148 cm³/mol. The lowest BCUT2D eigenvalue weighted by atomic mass is 10.1. The fraction of sp³-hybridized carbons (Fsp3) is 0.188. The Kier molecular flexibility index (Phi) is 8.16. The Bertz CT molecular complexity index is 1240. The molecule has 2 atom stereocenters. The van der Waals surface area contributed by atoms with Gasteiger partial charge in [0.2, 0.25) is 0 Å². The first-order valence-electron chi connectivity index (χ1n) is 12.4. The summed E-state index contributed by atoms with van der Waals surface area (Å²) in [6.45, 7) is 8.02. The molecule has 0 saturated carbocycles. The maximum Gasteiger partial charge on any atom is 0.252 e. The predicted octanol–water partition coefficient (Wildman–Crippen LogP) is 6.07. The molecule has 0 bridgehead atoms. The van der Waals surface area contributed by atoms with Gasteiger partial charge in [-0.15, -0.1) is 0 Å². The monoisotopic (exact) mass is 491 g/mol. The fourth-order valence-corrected chi connectivity index (χ4v) is 3.97. The lowest BCUT2D eigenvalue weighted by molar-refractivity contribution is 0.0904. The van der Waals surface area contributed by atoms with Gasteiger partial charge in [-0.1, -0.05) is 95.1 Å². The number of carbonyl (C=O) groups excluding carboxylic acids is 2. The lowest BCUT2D eigenvalue weighted by Crippen LogP contribution is -2.45. The van der Waals surface area contributed by atoms with Crippen molar-refractivity contribution in [2.45, 2.75) is 40.0 Å². The standard InChI is InChI=1S/C32H33N3O2/c1-21-5-13-25(14-6-21)29(34-31(36)27-17-9-23(3)10-18-27)33-30(26-15-7-22(2)8-16-26)35-32(37)28-19-11-24(4)12-20-28/h5-20,29-30,33H,1-4H3,(H,34,36)(H,35,37). The largest absolute Gasteiger partial charge is 0.333 e. The van der Waals surface area contributed by atoms with Gasteiger partial charge in [0.1, 0.15) is 12.3 Å². The van der Waals surface area contributed by atoms with Crippen LogP contribution in [0.15, 0.2) is 97.1 Å². The molecule has 37 heavy (non-hydrogen) atoms. The number of rotatable bonds is 8. The molecule has 4 rings (SSSR count). The summed E-state index contributed by atoms with van der Waals surface area (Å²) in [5, 5.41) is 9.72. The quantitative estimate of drug-likeness (QED) is 0.262. The van der Waals surface area contributed by atoms with Crippen molar-refractivity contribution in [1.29, 1.82) is 0 Å². The van der Waals surface area contributed by atoms with Crippen LogP contribution in [-0.2, 0) is 0 Å². The zero-order valence-corrected chi connectivity index (χ0v) is 21.7. The minimum Gasteiger partial charge on any atom is -0.333 e. The van der Waals surface area contributed by atoms with Crippen LogP contribution in [0.5, 0.6) is 0 Å². The molecule has 188 valence electrons. The molecule has 4 aromatic rings. The van der Waals surface area contributed by atoms with E-state index >= 15 is 0 Å². The van der Waals surface area contributed by atoms with Gasteiger partial charge in [0.15, 0.2) is 0 Å². The van der Waals surface area contributed by atoms with Crippen molar-refractivity contribution in [2.24, 2.45) is 0 Å². The lowest BCUT2D eigenvalue weighted by Gasteiger charge is -2.28. The van der Waals surface area contributed by atoms with E-state index < -0.39 is 12.3 Å². The van der Waals surface area contributed by atoms with E-state index in [1.54, 1.807) is 0 Å². The molecule has 0 radical (unpaired) electrons. The van der Waals surface area contributed by atoms with Crippen molar-refractivity contribution in [2.75, 3.05) is 0 Å². The van der Waals surface area contributed by atoms with Gasteiger partial charge >= 0.3 is 0 Å². The second-order valence-electron chi connectivity index (χ2n) is 9.53. The van der Waals surface area contributed by atoms with E-state index in [2.05, 4.69) is 16.0 Å². The van der Waals surface area contributed by atoms with Crippen LogP contribution >= 0.6 is 0 Å². The molecule has 0 heterocycles. The summed E-state index contributed by atoms with van der Waals surface area (Å²) in [6, 6.07) is 30.9. The first kappa shape index (κ1) is 25.9. The maximum atomic E-state index is 13.2. The molecule has 2 amide bonds. The van der Waals surface area contributed by atoms with Gasteiger partial charge in [0.05, 0.1) is 0 Å². The maximum absolute atomic E-state index is 13.2. The first-order valence-corrected chi connectivity index (χ1v) is 12.4. The highest BCUT2D eigenvalue weighted by Gasteiger charge is 2.23. The van der Waals surface area contributed by atoms with E-state index in [0.29, 0.717) is 11.1 Å². The third-order valence-corrected chi connectivity index (χ3v) is 6.33. The number of carbonyl (C=O) groups is 2. The zero-order valence-electron chi connectivity index (χ0n) is 21.7. The highest BCUT2D eigenvalue weighted by atomic mass is 16.2. The van der Waals surface area contributed by atoms with Gasteiger partial charge in [0, 0.05) is 11.1 Å². The van der Waals surface area contributed by atoms with Crippen LogP contribution in [0, 0.1) is 27.7 Å². The van der Waals surface area contributed by atoms with Gasteiger partial charge in [-0.05, 0) is 63.1 Å². The molecule has 0 fully saturated rings. The number of benzene rings is 4. The Hall–Kier alpha value is -4.22. The van der Waals surface area contributed by atoms with Crippen LogP contribution in [0.3, 0.4) is 0 Å². The van der Waals surface area contributed by atoms with Crippen molar-refractivity contribution in [1.82, 2.24) is 16.0 Å². The van der Waals surface area contributed by atoms with Crippen molar-refractivity contribution < 1.29 is 9.59 Å². The van der Waals surface area contributed by atoms with Crippen LogP contribution in [0.4, 0.5) is 0 Å². The molecule has 0 saturated heterocycles. The van der Waals surface area contributed by atoms with Gasteiger partial charge in [-0.3, -0.25) is 14.9 Å². The molecule has 3 N–H and O–H groups in total. The minimum atomic E-state index is -0.556. The van der Waals surface area contributed by atoms with Crippen molar-refractivity contribution >= 4 is 11.8 Å². The molecule has 0 aromatic heterocycles. The molecule has 2 unspecified atom stereocenters. The number of aryl methyl sites for hydroxylation is 4. The summed E-state index contributed by atoms with van der Waals surface area (Å²) < 4.78 is 0. The molecule has 0 aliphatic carbocycles. The Morgan fingerprint density at radius 3 is 1.03 bits per heavy atom. The van der Waals surface area contributed by atoms with E-state index in [1.165, 1.54) is 0 Å². The van der Waals surface area contributed by atoms with Crippen LogP contribution in [0.25, 0.3) is 0 Å². The molecular formula is C32H33N3O2. The summed E-state index contributed by atoms with van der Waals surface area (Å²) in [5.74, 6) is -0.406. The van der Waals surface area contributed by atoms with E-state index in [-0.39, 0.29) is 11.8 Å². The van der Waals surface area contributed by atoms with Crippen LogP contribution in [0.2, 0.25) is 0 Å². The van der Waals surface area contributed by atoms with Gasteiger partial charge in [-0.25, -0.2) is 0 Å². The number of hydrogen-bond acceptors (Lipinski definition) is 3. The summed E-state index contributed by atoms with van der Waals surface area (Å²) in [5.41, 5.74) is 7.32. The second-order valence-corrected chi connectivity index (χ2v) is 9.53. The molecule has 0 aliphatic heterocycles. The molecule has 5 heteroatoms. The van der Waals surface area contributed by atoms with Crippen molar-refractivity contribution in [3.05, 3.63) is 142 Å². The average molecular weight is 492 g/mol. The van der Waals surface area contributed by atoms with Crippen LogP contribution < -0.4 is 16.0 Å². The normalized spacial score (nSPS) is 12.4. The van der Waals surface area contributed by atoms with Crippen molar-refractivity contribution in [3.8, 4) is 0 Å². The van der Waals surface area contributed by atoms with Crippen LogP contribution in [-0.4, -0.2) is 11.8 Å². The second kappa shape index (κ2) is 11.7. The third-order valence-electron chi connectivity index (χ3n) is 6.33. The summed E-state index contributed by atoms with van der Waals surface area (Å²) in [7, 11) is 0. The summed E-state index contributed by atoms with van der Waals surface area (Å²) in [6.07, 6.45) is -1.11. The van der Waals surface area contributed by atoms with E-state index in [1.807, 2.05) is 125 Å². The highest BCUT2D eigenvalue weighted by molar-refractivity contribution is 5.95. The number of hydrogen-bond donors (Lipinski definition) is 3. The van der Waals surface area contributed by atoms with E-state index in [4.69, 9.17) is 0 Å². The molecule has 0 aliphatic rings. The zero-order chi connectivity index (χ0) is 26.4. The highest BCUT2D eigenvalue weighted by Crippen LogP contribution is 2.20. The van der Waals surface area contributed by atoms with Gasteiger partial charge in [-0.2, -0.15) is 0 Å². The number of nitrogens with one attached hydrogen (secondary N) is 3. The fourth-order valence-electron chi connectivity index (χ4n) is 3.97. The molecular weight excluding hydrogens is 458 g/mol. The topological polar surface area (TPSA) is 70.2 Å². The average Bonchev–Trinajstić information content (AvgIpc) is 2.89. The molecule has 4 aromatic carbocycles. The number of amides is 2. The first-order chi connectivity index (χ1) is 17.8. The summed E-state index contributed by atoms with van der Waals surface area (Å²) >= 11 is 0. The van der Waals surface area contributed by atoms with Crippen LogP contribution in [0.1, 0.15) is 66.4 Å². The summed E-state index contributed by atoms with van der Waals surface area (Å²) in [4.78, 5) is 26.4. The van der Waals surface area contributed by atoms with E-state index in [0.717, 1.165) is 33.4 Å². The Morgan fingerprint density at radius 2 is 0.730 bits per heavy atom. The van der Waals surface area contributed by atoms with Gasteiger partial charge < -0.3 is 10.6 Å². The SMILES string of the molecule is Cc1ccc(C(=O)NC(NC(NC(=O)c2ccc(C)cc2)c2ccc(C)cc2)c2ccc(C)cc2)cc1. The Morgan fingerprint density at radius 1 is 0.459 bits per heavy atom. The van der Waals surface area contributed by atoms with Crippen molar-refractivity contribution in [3.63, 3.8) is 0 Å². The molecule has 5 nitrogen and oxygen atoms in total.